The second-order valence-electron chi connectivity index (χ2n) is 6.84. The molecule has 2 aromatic rings. The molecule has 0 aliphatic carbocycles. The molecule has 136 valence electrons. The number of hydrogen-bond acceptors (Lipinski definition) is 3. The van der Waals surface area contributed by atoms with Gasteiger partial charge in [0.15, 0.2) is 11.5 Å². The summed E-state index contributed by atoms with van der Waals surface area (Å²) in [7, 11) is 1.58. The van der Waals surface area contributed by atoms with E-state index < -0.39 is 0 Å². The average molecular weight is 341 g/mol. The van der Waals surface area contributed by atoms with Crippen LogP contribution >= 0.6 is 0 Å². The predicted molar refractivity (Wildman–Crippen MR) is 105 cm³/mol. The van der Waals surface area contributed by atoms with E-state index in [0.717, 1.165) is 25.8 Å². The molecular weight excluding hydrogens is 310 g/mol. The topological polar surface area (TPSA) is 41.5 Å². The van der Waals surface area contributed by atoms with Crippen LogP contribution in [0.3, 0.4) is 0 Å². The Morgan fingerprint density at radius 2 is 1.72 bits per heavy atom. The van der Waals surface area contributed by atoms with Crippen molar-refractivity contribution in [1.29, 1.82) is 0 Å². The molecule has 0 radical (unpaired) electrons. The lowest BCUT2D eigenvalue weighted by Gasteiger charge is -2.14. The van der Waals surface area contributed by atoms with E-state index in [1.54, 1.807) is 13.2 Å². The molecule has 0 bridgehead atoms. The molecule has 0 fully saturated rings. The Morgan fingerprint density at radius 3 is 2.44 bits per heavy atom. The van der Waals surface area contributed by atoms with Gasteiger partial charge in [-0.15, -0.1) is 0 Å². The maximum absolute atomic E-state index is 9.64. The quantitative estimate of drug-likeness (QED) is 0.619. The lowest BCUT2D eigenvalue weighted by atomic mass is 10.0. The van der Waals surface area contributed by atoms with E-state index in [0.29, 0.717) is 11.8 Å². The van der Waals surface area contributed by atoms with Gasteiger partial charge in [0.1, 0.15) is 0 Å². The van der Waals surface area contributed by atoms with Crippen LogP contribution in [0.5, 0.6) is 11.5 Å². The minimum atomic E-state index is 0.200. The number of phenols is 1. The Morgan fingerprint density at radius 1 is 1.00 bits per heavy atom. The van der Waals surface area contributed by atoms with Gasteiger partial charge in [-0.3, -0.25) is 0 Å². The van der Waals surface area contributed by atoms with Gasteiger partial charge in [-0.25, -0.2) is 0 Å². The Hall–Kier alpha value is -2.00. The third-order valence-corrected chi connectivity index (χ3v) is 4.62. The summed E-state index contributed by atoms with van der Waals surface area (Å²) in [6.07, 6.45) is 5.63. The van der Waals surface area contributed by atoms with Crippen LogP contribution in [0, 0.1) is 6.92 Å². The Balaban J connectivity index is 1.60. The number of hydrogen-bond donors (Lipinski definition) is 2. The molecule has 3 nitrogen and oxygen atoms in total. The van der Waals surface area contributed by atoms with E-state index in [1.807, 2.05) is 12.1 Å². The number of aryl methyl sites for hydroxylation is 3. The van der Waals surface area contributed by atoms with Gasteiger partial charge in [-0.1, -0.05) is 35.9 Å². The molecule has 0 saturated heterocycles. The fourth-order valence-corrected chi connectivity index (χ4v) is 2.92. The van der Waals surface area contributed by atoms with Gasteiger partial charge in [-0.2, -0.15) is 0 Å². The fraction of sp³-hybridized carbons (Fsp3) is 0.455. The summed E-state index contributed by atoms with van der Waals surface area (Å²) < 4.78 is 5.16. The van der Waals surface area contributed by atoms with Crippen molar-refractivity contribution in [2.24, 2.45) is 0 Å². The second kappa shape index (κ2) is 10.1. The molecular formula is C22H31NO2. The minimum absolute atomic E-state index is 0.200. The van der Waals surface area contributed by atoms with Gasteiger partial charge in [0, 0.05) is 6.04 Å². The fourth-order valence-electron chi connectivity index (χ4n) is 2.92. The molecule has 0 aliphatic rings. The summed E-state index contributed by atoms with van der Waals surface area (Å²) in [5, 5.41) is 13.2. The third kappa shape index (κ3) is 6.79. The zero-order valence-corrected chi connectivity index (χ0v) is 15.7. The van der Waals surface area contributed by atoms with Crippen LogP contribution < -0.4 is 10.1 Å². The molecule has 2 rings (SSSR count). The van der Waals surface area contributed by atoms with Gasteiger partial charge >= 0.3 is 0 Å². The molecule has 2 N–H and O–H groups in total. The standard InChI is InChI=1S/C22H31NO2/c1-17-7-10-19(11-8-17)6-4-5-15-23-18(2)9-12-20-13-14-21(24)22(16-20)25-3/h7-8,10-11,13-14,16,18,23-24H,4-6,9,12,15H2,1-3H3. The van der Waals surface area contributed by atoms with Crippen molar-refractivity contribution in [3.8, 4) is 11.5 Å². The predicted octanol–water partition coefficient (Wildman–Crippen LogP) is 4.64. The van der Waals surface area contributed by atoms with Gasteiger partial charge in [-0.05, 0) is 75.8 Å². The first-order chi connectivity index (χ1) is 12.1. The molecule has 0 aliphatic heterocycles. The van der Waals surface area contributed by atoms with Crippen LogP contribution in [0.2, 0.25) is 0 Å². The van der Waals surface area contributed by atoms with Crippen molar-refractivity contribution in [2.75, 3.05) is 13.7 Å². The van der Waals surface area contributed by atoms with E-state index in [9.17, 15) is 5.11 Å². The lowest BCUT2D eigenvalue weighted by molar-refractivity contribution is 0.372. The van der Waals surface area contributed by atoms with Crippen LogP contribution in [-0.2, 0) is 12.8 Å². The van der Waals surface area contributed by atoms with Gasteiger partial charge in [0.25, 0.3) is 0 Å². The number of rotatable bonds is 10. The Labute approximate surface area is 152 Å². The molecule has 0 heterocycles. The van der Waals surface area contributed by atoms with Gasteiger partial charge in [0.05, 0.1) is 7.11 Å². The maximum atomic E-state index is 9.64. The van der Waals surface area contributed by atoms with E-state index in [1.165, 1.54) is 29.5 Å². The smallest absolute Gasteiger partial charge is 0.160 e. The van der Waals surface area contributed by atoms with Crippen molar-refractivity contribution in [1.82, 2.24) is 5.32 Å². The lowest BCUT2D eigenvalue weighted by Crippen LogP contribution is -2.27. The Kier molecular flexibility index (Phi) is 7.80. The van der Waals surface area contributed by atoms with Gasteiger partial charge < -0.3 is 15.2 Å². The van der Waals surface area contributed by atoms with E-state index in [2.05, 4.69) is 43.4 Å². The summed E-state index contributed by atoms with van der Waals surface area (Å²) in [6.45, 7) is 5.42. The number of methoxy groups -OCH3 is 1. The normalized spacial score (nSPS) is 12.1. The van der Waals surface area contributed by atoms with E-state index in [4.69, 9.17) is 4.74 Å². The summed E-state index contributed by atoms with van der Waals surface area (Å²) in [6, 6.07) is 14.9. The van der Waals surface area contributed by atoms with E-state index in [-0.39, 0.29) is 5.75 Å². The Bertz CT molecular complexity index is 637. The third-order valence-electron chi connectivity index (χ3n) is 4.62. The molecule has 2 aromatic carbocycles. The van der Waals surface area contributed by atoms with Crippen molar-refractivity contribution in [2.45, 2.75) is 52.0 Å². The zero-order chi connectivity index (χ0) is 18.1. The zero-order valence-electron chi connectivity index (χ0n) is 15.7. The van der Waals surface area contributed by atoms with E-state index >= 15 is 0 Å². The number of unbranched alkanes of at least 4 members (excludes halogenated alkanes) is 1. The molecule has 0 amide bonds. The van der Waals surface area contributed by atoms with Gasteiger partial charge in [0.2, 0.25) is 0 Å². The summed E-state index contributed by atoms with van der Waals surface area (Å²) in [5.74, 6) is 0.750. The van der Waals surface area contributed by atoms with Crippen LogP contribution in [0.4, 0.5) is 0 Å². The number of phenolic OH excluding ortho intramolecular Hbond substituents is 1. The first-order valence-electron chi connectivity index (χ1n) is 9.23. The molecule has 0 saturated carbocycles. The highest BCUT2D eigenvalue weighted by Gasteiger charge is 2.05. The van der Waals surface area contributed by atoms with Crippen molar-refractivity contribution in [3.63, 3.8) is 0 Å². The molecule has 1 unspecified atom stereocenters. The highest BCUT2D eigenvalue weighted by Crippen LogP contribution is 2.26. The number of aromatic hydroxyl groups is 1. The average Bonchev–Trinajstić information content (AvgIpc) is 2.62. The second-order valence-corrected chi connectivity index (χ2v) is 6.84. The van der Waals surface area contributed by atoms with Crippen LogP contribution in [0.25, 0.3) is 0 Å². The summed E-state index contributed by atoms with van der Waals surface area (Å²) in [5.41, 5.74) is 3.95. The first-order valence-corrected chi connectivity index (χ1v) is 9.23. The largest absolute Gasteiger partial charge is 0.504 e. The van der Waals surface area contributed by atoms with Crippen molar-refractivity contribution >= 4 is 0 Å². The number of nitrogens with one attached hydrogen (secondary N) is 1. The van der Waals surface area contributed by atoms with Crippen LogP contribution in [0.1, 0.15) is 42.9 Å². The highest BCUT2D eigenvalue weighted by molar-refractivity contribution is 5.41. The van der Waals surface area contributed by atoms with Crippen LogP contribution in [-0.4, -0.2) is 24.8 Å². The van der Waals surface area contributed by atoms with Crippen molar-refractivity contribution < 1.29 is 9.84 Å². The molecule has 0 spiro atoms. The number of ether oxygens (including phenoxy) is 1. The SMILES string of the molecule is COc1cc(CCC(C)NCCCCc2ccc(C)cc2)ccc1O. The molecule has 0 aromatic heterocycles. The first kappa shape index (κ1) is 19.3. The maximum Gasteiger partial charge on any atom is 0.160 e. The summed E-state index contributed by atoms with van der Waals surface area (Å²) in [4.78, 5) is 0. The monoisotopic (exact) mass is 341 g/mol. The molecule has 25 heavy (non-hydrogen) atoms. The molecule has 3 heteroatoms. The van der Waals surface area contributed by atoms with Crippen molar-refractivity contribution in [3.05, 3.63) is 59.2 Å². The molecule has 1 atom stereocenters. The van der Waals surface area contributed by atoms with Crippen LogP contribution in [0.15, 0.2) is 42.5 Å². The minimum Gasteiger partial charge on any atom is -0.504 e. The summed E-state index contributed by atoms with van der Waals surface area (Å²) >= 11 is 0. The number of benzene rings is 2. The highest BCUT2D eigenvalue weighted by atomic mass is 16.5.